The predicted octanol–water partition coefficient (Wildman–Crippen LogP) is 2.98. The van der Waals surface area contributed by atoms with E-state index in [-0.39, 0.29) is 30.8 Å². The lowest BCUT2D eigenvalue weighted by molar-refractivity contribution is -0.121. The molecule has 1 heterocycles. The van der Waals surface area contributed by atoms with Crippen LogP contribution >= 0.6 is 11.6 Å². The molecular formula is C21H30ClN3O5. The molecule has 0 bridgehead atoms. The van der Waals surface area contributed by atoms with Crippen LogP contribution in [0.3, 0.4) is 0 Å². The number of hydrogen-bond acceptors (Lipinski definition) is 5. The second-order valence-electron chi connectivity index (χ2n) is 8.16. The minimum atomic E-state index is -0.577. The van der Waals surface area contributed by atoms with Crippen LogP contribution in [0.1, 0.15) is 50.4 Å². The molecule has 8 nitrogen and oxygen atoms in total. The van der Waals surface area contributed by atoms with E-state index in [4.69, 9.17) is 21.1 Å². The van der Waals surface area contributed by atoms with Crippen molar-refractivity contribution in [2.45, 2.75) is 51.7 Å². The molecule has 30 heavy (non-hydrogen) atoms. The van der Waals surface area contributed by atoms with Gasteiger partial charge >= 0.3 is 6.09 Å². The molecule has 1 aromatic carbocycles. The standard InChI is InChI=1S/C21H30ClN3O5/c1-21(2,3)30-20(28)23-10-7-18(26)24-15-8-11-25(12-9-15)19(27)16-13-14(22)5-6-17(16)29-4/h5-6,13,15H,7-12H2,1-4H3,(H,23,28)(H,24,26). The van der Waals surface area contributed by atoms with Gasteiger partial charge in [0.15, 0.2) is 0 Å². The number of methoxy groups -OCH3 is 1. The Morgan fingerprint density at radius 3 is 2.47 bits per heavy atom. The minimum absolute atomic E-state index is 0.00988. The highest BCUT2D eigenvalue weighted by atomic mass is 35.5. The molecule has 0 atom stereocenters. The average molecular weight is 440 g/mol. The number of piperidine rings is 1. The van der Waals surface area contributed by atoms with Gasteiger partial charge < -0.3 is 25.0 Å². The zero-order valence-electron chi connectivity index (χ0n) is 17.9. The summed E-state index contributed by atoms with van der Waals surface area (Å²) in [5.74, 6) is 0.199. The van der Waals surface area contributed by atoms with Crippen LogP contribution in [0.2, 0.25) is 5.02 Å². The maximum atomic E-state index is 12.8. The van der Waals surface area contributed by atoms with E-state index in [0.717, 1.165) is 0 Å². The van der Waals surface area contributed by atoms with E-state index in [1.165, 1.54) is 7.11 Å². The van der Waals surface area contributed by atoms with Crippen molar-refractivity contribution in [2.24, 2.45) is 0 Å². The fourth-order valence-corrected chi connectivity index (χ4v) is 3.31. The molecule has 3 amide bonds. The number of hydrogen-bond donors (Lipinski definition) is 2. The monoisotopic (exact) mass is 439 g/mol. The van der Waals surface area contributed by atoms with Crippen LogP contribution in [0.25, 0.3) is 0 Å². The third-order valence-corrected chi connectivity index (χ3v) is 4.79. The number of amides is 3. The van der Waals surface area contributed by atoms with Crippen LogP contribution in [-0.2, 0) is 9.53 Å². The number of nitrogens with zero attached hydrogens (tertiary/aromatic N) is 1. The quantitative estimate of drug-likeness (QED) is 0.710. The third kappa shape index (κ3) is 7.40. The Bertz CT molecular complexity index is 770. The number of alkyl carbamates (subject to hydrolysis) is 1. The molecule has 1 saturated heterocycles. The molecule has 0 radical (unpaired) electrons. The Kier molecular flexibility index (Phi) is 8.34. The topological polar surface area (TPSA) is 97.0 Å². The lowest BCUT2D eigenvalue weighted by Crippen LogP contribution is -2.47. The van der Waals surface area contributed by atoms with Gasteiger partial charge in [0.2, 0.25) is 5.91 Å². The molecule has 9 heteroatoms. The first-order valence-electron chi connectivity index (χ1n) is 9.98. The van der Waals surface area contributed by atoms with Crippen molar-refractivity contribution in [3.05, 3.63) is 28.8 Å². The normalized spacial score (nSPS) is 14.8. The van der Waals surface area contributed by atoms with Crippen molar-refractivity contribution in [1.29, 1.82) is 0 Å². The fourth-order valence-electron chi connectivity index (χ4n) is 3.14. The van der Waals surface area contributed by atoms with E-state index in [1.807, 2.05) is 0 Å². The lowest BCUT2D eigenvalue weighted by atomic mass is 10.0. The molecule has 166 valence electrons. The molecule has 1 aromatic rings. The highest BCUT2D eigenvalue weighted by Crippen LogP contribution is 2.25. The van der Waals surface area contributed by atoms with Crippen molar-refractivity contribution >= 4 is 29.5 Å². The molecular weight excluding hydrogens is 410 g/mol. The van der Waals surface area contributed by atoms with Gasteiger partial charge in [-0.25, -0.2) is 4.79 Å². The van der Waals surface area contributed by atoms with Gasteiger partial charge in [0.25, 0.3) is 5.91 Å². The van der Waals surface area contributed by atoms with Gasteiger partial charge in [-0.2, -0.15) is 0 Å². The molecule has 1 aliphatic heterocycles. The molecule has 1 fully saturated rings. The van der Waals surface area contributed by atoms with Crippen LogP contribution in [0.4, 0.5) is 4.79 Å². The highest BCUT2D eigenvalue weighted by molar-refractivity contribution is 6.31. The van der Waals surface area contributed by atoms with Gasteiger partial charge in [0, 0.05) is 37.1 Å². The van der Waals surface area contributed by atoms with Gasteiger partial charge in [-0.1, -0.05) is 11.6 Å². The van der Waals surface area contributed by atoms with Gasteiger partial charge in [-0.3, -0.25) is 9.59 Å². The third-order valence-electron chi connectivity index (χ3n) is 4.56. The average Bonchev–Trinajstić information content (AvgIpc) is 2.66. The van der Waals surface area contributed by atoms with Gasteiger partial charge in [-0.15, -0.1) is 0 Å². The number of nitrogens with one attached hydrogen (secondary N) is 2. The Balaban J connectivity index is 1.75. The number of halogens is 1. The first kappa shape index (κ1) is 23.8. The molecule has 0 aromatic heterocycles. The number of rotatable bonds is 6. The summed E-state index contributed by atoms with van der Waals surface area (Å²) in [5.41, 5.74) is -0.145. The zero-order valence-corrected chi connectivity index (χ0v) is 18.7. The first-order chi connectivity index (χ1) is 14.1. The maximum Gasteiger partial charge on any atom is 0.407 e. The Hall–Kier alpha value is -2.48. The summed E-state index contributed by atoms with van der Waals surface area (Å²) in [7, 11) is 1.51. The Morgan fingerprint density at radius 2 is 1.87 bits per heavy atom. The van der Waals surface area contributed by atoms with E-state index >= 15 is 0 Å². The second kappa shape index (κ2) is 10.5. The summed E-state index contributed by atoms with van der Waals surface area (Å²) in [5, 5.41) is 6.00. The van der Waals surface area contributed by atoms with Crippen LogP contribution in [0.5, 0.6) is 5.75 Å². The summed E-state index contributed by atoms with van der Waals surface area (Å²) in [6, 6.07) is 4.95. The van der Waals surface area contributed by atoms with E-state index in [2.05, 4.69) is 10.6 Å². The van der Waals surface area contributed by atoms with Crippen molar-refractivity contribution in [1.82, 2.24) is 15.5 Å². The molecule has 2 rings (SSSR count). The zero-order chi connectivity index (χ0) is 22.3. The van der Waals surface area contributed by atoms with E-state index in [9.17, 15) is 14.4 Å². The number of carbonyl (C=O) groups excluding carboxylic acids is 3. The molecule has 0 unspecified atom stereocenters. The number of ether oxygens (including phenoxy) is 2. The largest absolute Gasteiger partial charge is 0.496 e. The Morgan fingerprint density at radius 1 is 1.20 bits per heavy atom. The van der Waals surface area contributed by atoms with E-state index < -0.39 is 11.7 Å². The highest BCUT2D eigenvalue weighted by Gasteiger charge is 2.26. The lowest BCUT2D eigenvalue weighted by Gasteiger charge is -2.32. The van der Waals surface area contributed by atoms with Crippen LogP contribution in [-0.4, -0.2) is 61.2 Å². The number of likely N-dealkylation sites (tertiary alicyclic amines) is 1. The fraction of sp³-hybridized carbons (Fsp3) is 0.571. The van der Waals surface area contributed by atoms with E-state index in [1.54, 1.807) is 43.9 Å². The summed E-state index contributed by atoms with van der Waals surface area (Å²) in [4.78, 5) is 38.3. The van der Waals surface area contributed by atoms with Crippen LogP contribution in [0.15, 0.2) is 18.2 Å². The SMILES string of the molecule is COc1ccc(Cl)cc1C(=O)N1CCC(NC(=O)CCNC(=O)OC(C)(C)C)CC1. The van der Waals surface area contributed by atoms with Crippen LogP contribution < -0.4 is 15.4 Å². The van der Waals surface area contributed by atoms with Gasteiger partial charge in [0.05, 0.1) is 12.7 Å². The van der Waals surface area contributed by atoms with Crippen LogP contribution in [0, 0.1) is 0 Å². The van der Waals surface area contributed by atoms with Crippen molar-refractivity contribution in [3.8, 4) is 5.75 Å². The maximum absolute atomic E-state index is 12.8. The summed E-state index contributed by atoms with van der Waals surface area (Å²) in [6.45, 7) is 6.58. The molecule has 0 spiro atoms. The second-order valence-corrected chi connectivity index (χ2v) is 8.59. The molecule has 1 aliphatic rings. The van der Waals surface area contributed by atoms with Gasteiger partial charge in [0.1, 0.15) is 11.4 Å². The van der Waals surface area contributed by atoms with Crippen molar-refractivity contribution < 1.29 is 23.9 Å². The minimum Gasteiger partial charge on any atom is -0.496 e. The first-order valence-corrected chi connectivity index (χ1v) is 10.4. The number of carbonyl (C=O) groups is 3. The molecule has 0 saturated carbocycles. The summed E-state index contributed by atoms with van der Waals surface area (Å²) in [6.07, 6.45) is 0.927. The van der Waals surface area contributed by atoms with E-state index in [0.29, 0.717) is 42.3 Å². The summed E-state index contributed by atoms with van der Waals surface area (Å²) >= 11 is 6.02. The van der Waals surface area contributed by atoms with Crippen molar-refractivity contribution in [3.63, 3.8) is 0 Å². The predicted molar refractivity (Wildman–Crippen MR) is 114 cm³/mol. The van der Waals surface area contributed by atoms with Crippen molar-refractivity contribution in [2.75, 3.05) is 26.7 Å². The summed E-state index contributed by atoms with van der Waals surface area (Å²) < 4.78 is 10.4. The number of benzene rings is 1. The smallest absolute Gasteiger partial charge is 0.407 e. The molecule has 0 aliphatic carbocycles. The molecule has 2 N–H and O–H groups in total. The Labute approximate surface area is 182 Å². The van der Waals surface area contributed by atoms with Gasteiger partial charge in [-0.05, 0) is 51.8 Å².